The Morgan fingerprint density at radius 3 is 1.60 bits per heavy atom. The zero-order chi connectivity index (χ0) is 15.1. The van der Waals surface area contributed by atoms with E-state index in [4.69, 9.17) is 13.3 Å². The van der Waals surface area contributed by atoms with Gasteiger partial charge in [-0.25, -0.2) is 0 Å². The second kappa shape index (κ2) is 13.6. The van der Waals surface area contributed by atoms with E-state index in [1.54, 1.807) is 0 Å². The molecule has 0 aromatic heterocycles. The minimum absolute atomic E-state index is 0.683. The van der Waals surface area contributed by atoms with Gasteiger partial charge in [-0.15, -0.1) is 0 Å². The van der Waals surface area contributed by atoms with Gasteiger partial charge >= 0.3 is 8.80 Å². The summed E-state index contributed by atoms with van der Waals surface area (Å²) in [4.78, 5) is 0. The topological polar surface area (TPSA) is 27.7 Å². The van der Waals surface area contributed by atoms with E-state index in [2.05, 4.69) is 39.8 Å². The number of rotatable bonds is 13. The van der Waals surface area contributed by atoms with Gasteiger partial charge in [0.1, 0.15) is 0 Å². The van der Waals surface area contributed by atoms with Crippen LogP contribution in [-0.2, 0) is 13.3 Å². The minimum Gasteiger partial charge on any atom is -0.370 e. The van der Waals surface area contributed by atoms with E-state index in [1.165, 1.54) is 0 Å². The maximum atomic E-state index is 5.96. The molecule has 0 fully saturated rings. The van der Waals surface area contributed by atoms with Crippen LogP contribution >= 0.6 is 0 Å². The molecule has 0 rings (SSSR count). The normalized spacial score (nSPS) is 12.8. The number of unbranched alkanes of at least 4 members (excludes halogenated alkanes) is 1. The predicted molar refractivity (Wildman–Crippen MR) is 87.7 cm³/mol. The van der Waals surface area contributed by atoms with E-state index >= 15 is 0 Å². The second-order valence-electron chi connectivity index (χ2n) is 4.72. The van der Waals surface area contributed by atoms with Crippen LogP contribution in [0.2, 0.25) is 0 Å². The highest BCUT2D eigenvalue weighted by atomic mass is 28.4. The van der Waals surface area contributed by atoms with Gasteiger partial charge in [0.25, 0.3) is 0 Å². The summed E-state index contributed by atoms with van der Waals surface area (Å²) in [6.45, 7) is 10.5. The number of allylic oxidation sites excluding steroid dienone is 3. The maximum Gasteiger partial charge on any atom is 0.529 e. The van der Waals surface area contributed by atoms with Gasteiger partial charge in [-0.3, -0.25) is 0 Å². The molecular formula is C16H32O3Si. The van der Waals surface area contributed by atoms with Crippen LogP contribution in [0.4, 0.5) is 0 Å². The van der Waals surface area contributed by atoms with Gasteiger partial charge in [-0.1, -0.05) is 52.3 Å². The van der Waals surface area contributed by atoms with Crippen LogP contribution in [0, 0.1) is 0 Å². The number of hydrogen-bond donors (Lipinski definition) is 0. The smallest absolute Gasteiger partial charge is 0.370 e. The quantitative estimate of drug-likeness (QED) is 0.366. The van der Waals surface area contributed by atoms with Gasteiger partial charge in [-0.2, -0.15) is 0 Å². The van der Waals surface area contributed by atoms with E-state index in [9.17, 15) is 0 Å². The molecule has 20 heavy (non-hydrogen) atoms. The summed E-state index contributed by atoms with van der Waals surface area (Å²) in [7, 11) is -2.65. The van der Waals surface area contributed by atoms with Gasteiger partial charge in [0.2, 0.25) is 0 Å². The lowest BCUT2D eigenvalue weighted by Crippen LogP contribution is -2.45. The van der Waals surface area contributed by atoms with E-state index < -0.39 is 8.80 Å². The summed E-state index contributed by atoms with van der Waals surface area (Å²) in [5.74, 6) is 0. The van der Waals surface area contributed by atoms with Crippen LogP contribution in [0.15, 0.2) is 23.9 Å². The fraction of sp³-hybridized carbons (Fsp3) is 0.750. The third-order valence-electron chi connectivity index (χ3n) is 2.52. The van der Waals surface area contributed by atoms with Gasteiger partial charge in [0, 0.05) is 19.8 Å². The fourth-order valence-electron chi connectivity index (χ4n) is 1.52. The molecule has 0 bridgehead atoms. The molecular weight excluding hydrogens is 268 g/mol. The van der Waals surface area contributed by atoms with E-state index in [-0.39, 0.29) is 0 Å². The van der Waals surface area contributed by atoms with E-state index in [1.807, 2.05) is 11.8 Å². The molecule has 0 heterocycles. The third kappa shape index (κ3) is 9.48. The van der Waals surface area contributed by atoms with Crippen LogP contribution in [0.1, 0.15) is 59.8 Å². The summed E-state index contributed by atoms with van der Waals surface area (Å²) >= 11 is 0. The van der Waals surface area contributed by atoms with Crippen molar-refractivity contribution in [3.8, 4) is 0 Å². The summed E-state index contributed by atoms with van der Waals surface area (Å²) in [5.41, 5.74) is 2.01. The SMILES string of the molecule is CCCC=CC=C[Si](OCCC)(OCCC)OCCC. The lowest BCUT2D eigenvalue weighted by molar-refractivity contribution is 0.0716. The Morgan fingerprint density at radius 2 is 1.20 bits per heavy atom. The molecule has 0 aromatic rings. The van der Waals surface area contributed by atoms with Gasteiger partial charge < -0.3 is 13.3 Å². The Balaban J connectivity index is 4.73. The van der Waals surface area contributed by atoms with E-state index in [0.717, 1.165) is 32.1 Å². The summed E-state index contributed by atoms with van der Waals surface area (Å²) < 4.78 is 17.9. The average molecular weight is 301 g/mol. The van der Waals surface area contributed by atoms with Crippen molar-refractivity contribution >= 4 is 8.80 Å². The van der Waals surface area contributed by atoms with E-state index in [0.29, 0.717) is 19.8 Å². The molecule has 0 spiro atoms. The second-order valence-corrected chi connectivity index (χ2v) is 7.13. The van der Waals surface area contributed by atoms with Crippen molar-refractivity contribution in [2.24, 2.45) is 0 Å². The van der Waals surface area contributed by atoms with Crippen molar-refractivity contribution in [3.05, 3.63) is 23.9 Å². The monoisotopic (exact) mass is 300 g/mol. The molecule has 0 aliphatic heterocycles. The van der Waals surface area contributed by atoms with Gasteiger partial charge in [0.15, 0.2) is 0 Å². The predicted octanol–water partition coefficient (Wildman–Crippen LogP) is 4.66. The van der Waals surface area contributed by atoms with Crippen molar-refractivity contribution in [1.82, 2.24) is 0 Å². The molecule has 0 aromatic carbocycles. The summed E-state index contributed by atoms with van der Waals surface area (Å²) in [5, 5.41) is 0. The molecule has 0 atom stereocenters. The highest BCUT2D eigenvalue weighted by Crippen LogP contribution is 2.14. The first-order chi connectivity index (χ1) is 9.74. The Bertz CT molecular complexity index is 243. The third-order valence-corrected chi connectivity index (χ3v) is 4.95. The lowest BCUT2D eigenvalue weighted by Gasteiger charge is -2.26. The molecule has 3 nitrogen and oxygen atoms in total. The zero-order valence-corrected chi connectivity index (χ0v) is 14.7. The van der Waals surface area contributed by atoms with Crippen molar-refractivity contribution in [1.29, 1.82) is 0 Å². The molecule has 0 aliphatic carbocycles. The molecule has 4 heteroatoms. The van der Waals surface area contributed by atoms with Crippen LogP contribution in [0.3, 0.4) is 0 Å². The first-order valence-corrected chi connectivity index (χ1v) is 9.81. The Labute approximate surface area is 126 Å². The highest BCUT2D eigenvalue weighted by molar-refractivity contribution is 6.66. The van der Waals surface area contributed by atoms with Gasteiger partial charge in [-0.05, 0) is 31.4 Å². The molecule has 0 saturated carbocycles. The zero-order valence-electron chi connectivity index (χ0n) is 13.7. The van der Waals surface area contributed by atoms with Crippen molar-refractivity contribution in [2.45, 2.75) is 59.8 Å². The van der Waals surface area contributed by atoms with Crippen molar-refractivity contribution in [3.63, 3.8) is 0 Å². The number of hydrogen-bond acceptors (Lipinski definition) is 3. The molecule has 0 unspecified atom stereocenters. The average Bonchev–Trinajstić information content (AvgIpc) is 2.48. The first-order valence-electron chi connectivity index (χ1n) is 8.00. The molecule has 0 saturated heterocycles. The van der Waals surface area contributed by atoms with Crippen LogP contribution in [0.5, 0.6) is 0 Å². The standard InChI is InChI=1S/C16H32O3Si/c1-5-9-10-11-12-16-20(17-13-6-2,18-14-7-3)19-15-8-4/h10-12,16H,5-9,13-15H2,1-4H3. The molecule has 0 amide bonds. The van der Waals surface area contributed by atoms with Crippen LogP contribution in [0.25, 0.3) is 0 Å². The molecule has 0 aliphatic rings. The van der Waals surface area contributed by atoms with Crippen molar-refractivity contribution < 1.29 is 13.3 Å². The highest BCUT2D eigenvalue weighted by Gasteiger charge is 2.37. The van der Waals surface area contributed by atoms with Crippen molar-refractivity contribution in [2.75, 3.05) is 19.8 Å². The Morgan fingerprint density at radius 1 is 0.700 bits per heavy atom. The Kier molecular flexibility index (Phi) is 13.3. The maximum absolute atomic E-state index is 5.96. The summed E-state index contributed by atoms with van der Waals surface area (Å²) in [6.07, 6.45) is 11.4. The molecule has 118 valence electrons. The molecule has 0 radical (unpaired) electrons. The lowest BCUT2D eigenvalue weighted by atomic mass is 10.3. The van der Waals surface area contributed by atoms with Crippen LogP contribution < -0.4 is 0 Å². The first kappa shape index (κ1) is 19.6. The minimum atomic E-state index is -2.65. The summed E-state index contributed by atoms with van der Waals surface area (Å²) in [6, 6.07) is 0. The molecule has 0 N–H and O–H groups in total. The fourth-order valence-corrected chi connectivity index (χ4v) is 3.87. The largest absolute Gasteiger partial charge is 0.529 e. The van der Waals surface area contributed by atoms with Crippen LogP contribution in [-0.4, -0.2) is 28.6 Å². The van der Waals surface area contributed by atoms with Gasteiger partial charge in [0.05, 0.1) is 0 Å². The Hall–Kier alpha value is -0.423.